The number of thioether (sulfide) groups is 2. The van der Waals surface area contributed by atoms with Crippen LogP contribution in [0.3, 0.4) is 0 Å². The Hall–Kier alpha value is -5.11. The average Bonchev–Trinajstić information content (AvgIpc) is 3.16. The highest BCUT2D eigenvalue weighted by Gasteiger charge is 2.30. The third-order valence-electron chi connectivity index (χ3n) is 8.24. The third-order valence-corrected chi connectivity index (χ3v) is 10.6. The Labute approximate surface area is 336 Å². The molecule has 1 aliphatic heterocycles. The summed E-state index contributed by atoms with van der Waals surface area (Å²) in [6.45, 7) is 3.56. The molecule has 0 aliphatic carbocycles. The predicted molar refractivity (Wildman–Crippen MR) is 230 cm³/mol. The van der Waals surface area contributed by atoms with Gasteiger partial charge in [0.25, 0.3) is 5.91 Å². The lowest BCUT2D eigenvalue weighted by Gasteiger charge is -2.24. The minimum atomic E-state index is -0.724. The lowest BCUT2D eigenvalue weighted by Crippen LogP contribution is -2.32. The number of unbranched alkanes of at least 4 members (excludes halogenated alkanes) is 2. The van der Waals surface area contributed by atoms with E-state index in [9.17, 15) is 19.2 Å². The molecule has 0 aromatic heterocycles. The van der Waals surface area contributed by atoms with Gasteiger partial charge >= 0.3 is 0 Å². The Balaban J connectivity index is 1.78. The maximum Gasteiger partial charge on any atom is 0.273 e. The molecule has 304 valence electrons. The van der Waals surface area contributed by atoms with Gasteiger partial charge in [-0.3, -0.25) is 34.2 Å². The molecule has 2 aromatic carbocycles. The average molecular weight is 810 g/mol. The van der Waals surface area contributed by atoms with Crippen molar-refractivity contribution in [1.82, 2.24) is 0 Å². The molecule has 0 saturated carbocycles. The van der Waals surface area contributed by atoms with E-state index in [0.29, 0.717) is 102 Å². The van der Waals surface area contributed by atoms with Crippen LogP contribution in [0.2, 0.25) is 0 Å². The van der Waals surface area contributed by atoms with Crippen LogP contribution < -0.4 is 55.7 Å². The van der Waals surface area contributed by atoms with Crippen LogP contribution in [-0.2, 0) is 19.2 Å². The van der Waals surface area contributed by atoms with Gasteiger partial charge in [0.05, 0.1) is 38.5 Å². The number of carbonyl (C=O) groups excluding carboxylic acids is 4. The molecule has 4 amide bonds. The van der Waals surface area contributed by atoms with Crippen molar-refractivity contribution in [3.8, 4) is 0 Å². The van der Waals surface area contributed by atoms with Gasteiger partial charge in [0.15, 0.2) is 11.9 Å². The Morgan fingerprint density at radius 3 is 1.61 bits per heavy atom. The van der Waals surface area contributed by atoms with Crippen molar-refractivity contribution in [3.05, 3.63) is 48.2 Å². The van der Waals surface area contributed by atoms with Crippen molar-refractivity contribution >= 4 is 88.0 Å². The highest BCUT2D eigenvalue weighted by Crippen LogP contribution is 2.37. The van der Waals surface area contributed by atoms with Crippen LogP contribution in [0.4, 0.5) is 22.7 Å². The number of hydrogen-bond acceptors (Lipinski definition) is 11. The second-order valence-electron chi connectivity index (χ2n) is 12.6. The summed E-state index contributed by atoms with van der Waals surface area (Å²) < 4.78 is 0. The first kappa shape index (κ1) is 45.3. The molecular weight excluding hydrogens is 755 g/mol. The molecule has 0 saturated heterocycles. The number of guanidine groups is 2. The van der Waals surface area contributed by atoms with Crippen molar-refractivity contribution < 1.29 is 19.2 Å². The number of nitrogens with two attached hydrogens (primary N) is 6. The molecule has 2 unspecified atom stereocenters. The zero-order chi connectivity index (χ0) is 40.9. The Morgan fingerprint density at radius 2 is 1.16 bits per heavy atom. The Bertz CT molecular complexity index is 1780. The quantitative estimate of drug-likeness (QED) is 0.0335. The van der Waals surface area contributed by atoms with Gasteiger partial charge < -0.3 is 55.7 Å². The molecule has 0 radical (unpaired) electrons. The fraction of sp³-hybridized carbons (Fsp3) is 0.432. The first-order valence-electron chi connectivity index (χ1n) is 18.5. The number of anilines is 4. The smallest absolute Gasteiger partial charge is 0.273 e. The predicted octanol–water partition coefficient (Wildman–Crippen LogP) is 2.74. The van der Waals surface area contributed by atoms with Crippen LogP contribution in [0, 0.1) is 11.8 Å². The first-order chi connectivity index (χ1) is 27.0. The number of benzene rings is 2. The van der Waals surface area contributed by atoms with Gasteiger partial charge in [0, 0.05) is 62.7 Å². The van der Waals surface area contributed by atoms with Gasteiger partial charge in [-0.15, -0.1) is 23.5 Å². The number of hydrogen-bond donors (Lipinski definition) is 10. The van der Waals surface area contributed by atoms with Crippen molar-refractivity contribution in [2.24, 2.45) is 61.2 Å². The molecule has 56 heavy (non-hydrogen) atoms. The second-order valence-corrected chi connectivity index (χ2v) is 14.8. The van der Waals surface area contributed by atoms with Crippen LogP contribution >= 0.6 is 23.5 Å². The molecule has 3 rings (SSSR count). The van der Waals surface area contributed by atoms with Gasteiger partial charge in [0.2, 0.25) is 17.7 Å². The van der Waals surface area contributed by atoms with E-state index in [1.807, 2.05) is 6.92 Å². The topological polar surface area (TPSA) is 310 Å². The summed E-state index contributed by atoms with van der Waals surface area (Å²) in [7, 11) is 0. The molecule has 17 nitrogen and oxygen atoms in total. The summed E-state index contributed by atoms with van der Waals surface area (Å²) in [5.41, 5.74) is 35.2. The highest BCUT2D eigenvalue weighted by molar-refractivity contribution is 7.99. The Morgan fingerprint density at radius 1 is 0.696 bits per heavy atom. The summed E-state index contributed by atoms with van der Waals surface area (Å²) in [5, 5.41) is 11.9. The van der Waals surface area contributed by atoms with Gasteiger partial charge in [-0.1, -0.05) is 19.1 Å². The summed E-state index contributed by atoms with van der Waals surface area (Å²) in [4.78, 5) is 66.9. The van der Waals surface area contributed by atoms with Crippen LogP contribution in [0.1, 0.15) is 51.9 Å². The standard InChI is InChI=1S/C37H55N13O4S2/c1-2-23-22-46-29(35(54)50-28-12-8-10-26(33(28)56-20-16-39)48-31(52)14-4-6-18-45-37(42)43)21-24(23)34(53)49-27-11-7-9-25(32(27)55-19-15-38)47-30(51)13-3-5-17-44-36(40)41/h7-12,21-24H,2-6,13-20,38-39H2,1H3,(H,47,51)(H,48,52)(H,49,53)(H,50,54)(H4,40,41,44)(H4,42,43,45). The molecule has 1 aliphatic rings. The highest BCUT2D eigenvalue weighted by atomic mass is 32.2. The maximum absolute atomic E-state index is 14.0. The van der Waals surface area contributed by atoms with Gasteiger partial charge in [-0.25, -0.2) is 0 Å². The van der Waals surface area contributed by atoms with Crippen molar-refractivity contribution in [3.63, 3.8) is 0 Å². The molecule has 2 atom stereocenters. The van der Waals surface area contributed by atoms with Crippen LogP contribution in [0.5, 0.6) is 0 Å². The molecule has 2 aromatic rings. The number of nitrogens with zero attached hydrogens (tertiary/aromatic N) is 3. The molecule has 0 fully saturated rings. The lowest BCUT2D eigenvalue weighted by molar-refractivity contribution is -0.119. The van der Waals surface area contributed by atoms with Crippen LogP contribution in [0.15, 0.2) is 72.9 Å². The largest absolute Gasteiger partial charge is 0.370 e. The number of carbonyl (C=O) groups is 4. The van der Waals surface area contributed by atoms with E-state index >= 15 is 0 Å². The fourth-order valence-electron chi connectivity index (χ4n) is 5.51. The number of rotatable bonds is 23. The normalized spacial score (nSPS) is 14.6. The van der Waals surface area contributed by atoms with Gasteiger partial charge in [-0.2, -0.15) is 0 Å². The van der Waals surface area contributed by atoms with E-state index in [2.05, 4.69) is 36.2 Å². The minimum Gasteiger partial charge on any atom is -0.370 e. The van der Waals surface area contributed by atoms with Gasteiger partial charge in [-0.05, 0) is 62.4 Å². The monoisotopic (exact) mass is 809 g/mol. The second kappa shape index (κ2) is 24.4. The van der Waals surface area contributed by atoms with Gasteiger partial charge in [0.1, 0.15) is 5.70 Å². The molecule has 19 heteroatoms. The minimum absolute atomic E-state index is 0.00943. The van der Waals surface area contributed by atoms with E-state index in [-0.39, 0.29) is 54.1 Å². The number of amides is 4. The summed E-state index contributed by atoms with van der Waals surface area (Å²) in [6, 6.07) is 10.5. The van der Waals surface area contributed by atoms with Crippen molar-refractivity contribution in [2.75, 3.05) is 59.0 Å². The SMILES string of the molecule is CCC1C=NC(C(=O)Nc2cccc(NC(=O)CCCCN=C(N)N)c2SCCN)=CC1C(=O)Nc1cccc(NC(=O)CCCCN=C(N)N)c1SCCN. The lowest BCUT2D eigenvalue weighted by atomic mass is 9.87. The summed E-state index contributed by atoms with van der Waals surface area (Å²) >= 11 is 2.81. The number of nitrogens with one attached hydrogen (secondary N) is 4. The van der Waals surface area contributed by atoms with Crippen molar-refractivity contribution in [2.45, 2.75) is 61.7 Å². The summed E-state index contributed by atoms with van der Waals surface area (Å²) in [5.74, 6) is -1.14. The van der Waals surface area contributed by atoms with Crippen LogP contribution in [-0.4, -0.2) is 79.4 Å². The summed E-state index contributed by atoms with van der Waals surface area (Å²) in [6.07, 6.45) is 6.79. The zero-order valence-corrected chi connectivity index (χ0v) is 33.4. The van der Waals surface area contributed by atoms with Crippen LogP contribution in [0.25, 0.3) is 0 Å². The molecule has 0 bridgehead atoms. The van der Waals surface area contributed by atoms with E-state index in [1.54, 1.807) is 48.7 Å². The fourth-order valence-corrected chi connectivity index (χ4v) is 7.25. The van der Waals surface area contributed by atoms with E-state index in [0.717, 1.165) is 0 Å². The Kier molecular flexibility index (Phi) is 19.7. The molecule has 0 spiro atoms. The first-order valence-corrected chi connectivity index (χ1v) is 20.4. The number of aliphatic imine (C=N–C) groups is 3. The van der Waals surface area contributed by atoms with E-state index < -0.39 is 11.8 Å². The van der Waals surface area contributed by atoms with E-state index in [4.69, 9.17) is 34.4 Å². The maximum atomic E-state index is 14.0. The molecular formula is C37H55N13O4S2. The zero-order valence-electron chi connectivity index (χ0n) is 31.7. The van der Waals surface area contributed by atoms with Crippen molar-refractivity contribution in [1.29, 1.82) is 0 Å². The third kappa shape index (κ3) is 15.2. The molecule has 16 N–H and O–H groups in total. The molecule has 1 heterocycles. The van der Waals surface area contributed by atoms with E-state index in [1.165, 1.54) is 23.5 Å².